The Labute approximate surface area is 95.4 Å². The lowest BCUT2D eigenvalue weighted by molar-refractivity contribution is -0.143. The maximum absolute atomic E-state index is 11.7. The quantitative estimate of drug-likeness (QED) is 0.730. The molecule has 86 valence electrons. The minimum Gasteiger partial charge on any atom is -0.494 e. The van der Waals surface area contributed by atoms with E-state index in [1.807, 2.05) is 31.2 Å². The van der Waals surface area contributed by atoms with Crippen molar-refractivity contribution in [1.82, 2.24) is 0 Å². The van der Waals surface area contributed by atoms with E-state index in [9.17, 15) is 4.79 Å². The molecule has 0 N–H and O–H groups in total. The second kappa shape index (κ2) is 4.16. The Bertz CT molecular complexity index is 377. The summed E-state index contributed by atoms with van der Waals surface area (Å²) < 4.78 is 10.2. The van der Waals surface area contributed by atoms with Crippen LogP contribution >= 0.6 is 0 Å². The van der Waals surface area contributed by atoms with E-state index >= 15 is 0 Å². The zero-order valence-corrected chi connectivity index (χ0v) is 9.66. The summed E-state index contributed by atoms with van der Waals surface area (Å²) in [5.74, 6) is 0.712. The number of carbonyl (C=O) groups is 1. The Morgan fingerprint density at radius 2 is 1.94 bits per heavy atom. The second-order valence-electron chi connectivity index (χ2n) is 4.03. The van der Waals surface area contributed by atoms with Crippen LogP contribution in [0.25, 0.3) is 0 Å². The molecule has 0 saturated heterocycles. The number of carbonyl (C=O) groups excluding carboxylic acids is 1. The molecule has 0 aliphatic heterocycles. The van der Waals surface area contributed by atoms with Gasteiger partial charge < -0.3 is 9.47 Å². The normalized spacial score (nSPS) is 16.6. The van der Waals surface area contributed by atoms with Gasteiger partial charge in [-0.1, -0.05) is 12.1 Å². The third-order valence-corrected chi connectivity index (χ3v) is 3.04. The van der Waals surface area contributed by atoms with Gasteiger partial charge in [0, 0.05) is 0 Å². The Morgan fingerprint density at radius 1 is 1.31 bits per heavy atom. The molecule has 0 bridgehead atoms. The van der Waals surface area contributed by atoms with Gasteiger partial charge in [-0.2, -0.15) is 0 Å². The molecule has 3 heteroatoms. The number of hydrogen-bond donors (Lipinski definition) is 0. The Balaban J connectivity index is 2.19. The van der Waals surface area contributed by atoms with E-state index in [1.54, 1.807) is 0 Å². The lowest BCUT2D eigenvalue weighted by Gasteiger charge is -2.13. The molecule has 1 aliphatic rings. The number of rotatable bonds is 4. The van der Waals surface area contributed by atoms with E-state index in [-0.39, 0.29) is 11.4 Å². The van der Waals surface area contributed by atoms with E-state index in [0.29, 0.717) is 6.61 Å². The summed E-state index contributed by atoms with van der Waals surface area (Å²) in [7, 11) is 1.44. The number of benzene rings is 1. The Kier molecular flexibility index (Phi) is 2.86. The van der Waals surface area contributed by atoms with Gasteiger partial charge in [0.2, 0.25) is 0 Å². The van der Waals surface area contributed by atoms with Crippen LogP contribution < -0.4 is 4.74 Å². The predicted molar refractivity (Wildman–Crippen MR) is 60.5 cm³/mol. The first-order valence-electron chi connectivity index (χ1n) is 5.54. The third-order valence-electron chi connectivity index (χ3n) is 3.04. The molecule has 0 aromatic heterocycles. The molecule has 0 radical (unpaired) electrons. The zero-order chi connectivity index (χ0) is 11.6. The van der Waals surface area contributed by atoms with Gasteiger partial charge in [-0.25, -0.2) is 0 Å². The van der Waals surface area contributed by atoms with Gasteiger partial charge in [-0.05, 0) is 37.5 Å². The number of ether oxygens (including phenoxy) is 2. The summed E-state index contributed by atoms with van der Waals surface area (Å²) in [6, 6.07) is 7.72. The predicted octanol–water partition coefficient (Wildman–Crippen LogP) is 2.29. The summed E-state index contributed by atoms with van der Waals surface area (Å²) in [4.78, 5) is 11.7. The molecule has 1 fully saturated rings. The van der Waals surface area contributed by atoms with Crippen molar-refractivity contribution in [3.63, 3.8) is 0 Å². The molecule has 1 aliphatic carbocycles. The minimum atomic E-state index is -0.376. The highest BCUT2D eigenvalue weighted by Crippen LogP contribution is 2.49. The first-order valence-corrected chi connectivity index (χ1v) is 5.54. The molecule has 0 heterocycles. The summed E-state index contributed by atoms with van der Waals surface area (Å²) >= 11 is 0. The van der Waals surface area contributed by atoms with Gasteiger partial charge in [-0.3, -0.25) is 4.79 Å². The maximum atomic E-state index is 11.7. The first-order chi connectivity index (χ1) is 7.73. The number of methoxy groups -OCH3 is 1. The van der Waals surface area contributed by atoms with Gasteiger partial charge >= 0.3 is 5.97 Å². The molecule has 3 nitrogen and oxygen atoms in total. The topological polar surface area (TPSA) is 35.5 Å². The minimum absolute atomic E-state index is 0.128. The molecule has 0 unspecified atom stereocenters. The van der Waals surface area contributed by atoms with E-state index in [0.717, 1.165) is 24.2 Å². The highest BCUT2D eigenvalue weighted by molar-refractivity contribution is 5.86. The average Bonchev–Trinajstić information content (AvgIpc) is 3.11. The highest BCUT2D eigenvalue weighted by atomic mass is 16.5. The van der Waals surface area contributed by atoms with Gasteiger partial charge in [0.25, 0.3) is 0 Å². The second-order valence-corrected chi connectivity index (χ2v) is 4.03. The lowest BCUT2D eigenvalue weighted by Crippen LogP contribution is -2.21. The van der Waals surface area contributed by atoms with Gasteiger partial charge in [0.05, 0.1) is 19.1 Å². The molecular formula is C13H16O3. The lowest BCUT2D eigenvalue weighted by atomic mass is 9.96. The van der Waals surface area contributed by atoms with E-state index < -0.39 is 0 Å². The molecule has 1 aromatic carbocycles. The maximum Gasteiger partial charge on any atom is 0.316 e. The van der Waals surface area contributed by atoms with Crippen molar-refractivity contribution >= 4 is 5.97 Å². The highest BCUT2D eigenvalue weighted by Gasteiger charge is 2.52. The SMILES string of the molecule is CCOc1ccc(C2(C(=O)OC)CC2)cc1. The van der Waals surface area contributed by atoms with Gasteiger partial charge in [0.15, 0.2) is 0 Å². The zero-order valence-electron chi connectivity index (χ0n) is 9.66. The fourth-order valence-electron chi connectivity index (χ4n) is 1.97. The van der Waals surface area contributed by atoms with Crippen LogP contribution in [0.15, 0.2) is 24.3 Å². The van der Waals surface area contributed by atoms with Crippen molar-refractivity contribution in [2.45, 2.75) is 25.2 Å². The van der Waals surface area contributed by atoms with E-state index in [1.165, 1.54) is 7.11 Å². The largest absolute Gasteiger partial charge is 0.494 e. The van der Waals surface area contributed by atoms with E-state index in [4.69, 9.17) is 9.47 Å². The van der Waals surface area contributed by atoms with Crippen molar-refractivity contribution in [2.75, 3.05) is 13.7 Å². The summed E-state index contributed by atoms with van der Waals surface area (Å²) in [6.45, 7) is 2.60. The molecule has 0 spiro atoms. The molecular weight excluding hydrogens is 204 g/mol. The molecule has 0 amide bonds. The Hall–Kier alpha value is -1.51. The standard InChI is InChI=1S/C13H16O3/c1-3-16-11-6-4-10(5-7-11)13(8-9-13)12(14)15-2/h4-7H,3,8-9H2,1-2H3. The van der Waals surface area contributed by atoms with Gasteiger partial charge in [-0.15, -0.1) is 0 Å². The average molecular weight is 220 g/mol. The van der Waals surface area contributed by atoms with E-state index in [2.05, 4.69) is 0 Å². The van der Waals surface area contributed by atoms with Crippen LogP contribution in [0.2, 0.25) is 0 Å². The summed E-state index contributed by atoms with van der Waals surface area (Å²) in [5, 5.41) is 0. The van der Waals surface area contributed by atoms with Crippen molar-refractivity contribution < 1.29 is 14.3 Å². The van der Waals surface area contributed by atoms with Crippen LogP contribution in [0.5, 0.6) is 5.75 Å². The molecule has 2 rings (SSSR count). The fraction of sp³-hybridized carbons (Fsp3) is 0.462. The molecule has 1 aromatic rings. The van der Waals surface area contributed by atoms with Gasteiger partial charge in [0.1, 0.15) is 5.75 Å². The van der Waals surface area contributed by atoms with Crippen LogP contribution in [-0.4, -0.2) is 19.7 Å². The third kappa shape index (κ3) is 1.77. The van der Waals surface area contributed by atoms with Crippen LogP contribution in [0.3, 0.4) is 0 Å². The Morgan fingerprint density at radius 3 is 2.38 bits per heavy atom. The summed E-state index contributed by atoms with van der Waals surface area (Å²) in [6.07, 6.45) is 1.77. The van der Waals surface area contributed by atoms with Crippen LogP contribution in [0, 0.1) is 0 Å². The first kappa shape index (κ1) is 11.0. The number of hydrogen-bond acceptors (Lipinski definition) is 3. The molecule has 0 atom stereocenters. The van der Waals surface area contributed by atoms with Crippen LogP contribution in [-0.2, 0) is 14.9 Å². The smallest absolute Gasteiger partial charge is 0.316 e. The van der Waals surface area contributed by atoms with Crippen molar-refractivity contribution in [2.24, 2.45) is 0 Å². The number of esters is 1. The molecule has 16 heavy (non-hydrogen) atoms. The molecule has 1 saturated carbocycles. The fourth-order valence-corrected chi connectivity index (χ4v) is 1.97. The monoisotopic (exact) mass is 220 g/mol. The van der Waals surface area contributed by atoms with Crippen LogP contribution in [0.4, 0.5) is 0 Å². The van der Waals surface area contributed by atoms with Crippen LogP contribution in [0.1, 0.15) is 25.3 Å². The summed E-state index contributed by atoms with van der Waals surface area (Å²) in [5.41, 5.74) is 0.655. The van der Waals surface area contributed by atoms with Crippen molar-refractivity contribution in [3.8, 4) is 5.75 Å². The van der Waals surface area contributed by atoms with Crippen molar-refractivity contribution in [3.05, 3.63) is 29.8 Å². The van der Waals surface area contributed by atoms with Crippen molar-refractivity contribution in [1.29, 1.82) is 0 Å².